The molecule has 0 heterocycles. The summed E-state index contributed by atoms with van der Waals surface area (Å²) in [6.07, 6.45) is 7.43. The summed E-state index contributed by atoms with van der Waals surface area (Å²) >= 11 is 0. The molecule has 0 amide bonds. The van der Waals surface area contributed by atoms with E-state index in [9.17, 15) is 4.79 Å². The molecule has 0 unspecified atom stereocenters. The van der Waals surface area contributed by atoms with Gasteiger partial charge in [0.05, 0.1) is 59.5 Å². The molecule has 3 aromatic rings. The molecule has 246 valence electrons. The van der Waals surface area contributed by atoms with Crippen molar-refractivity contribution in [3.63, 3.8) is 0 Å². The largest absolute Gasteiger partial charge is 0.463 e. The minimum absolute atomic E-state index is 0.140. The Bertz CT molecular complexity index is 1030. The second kappa shape index (κ2) is 23.3. The topological polar surface area (TPSA) is 72.5 Å². The summed E-state index contributed by atoms with van der Waals surface area (Å²) in [5, 5.41) is 0. The molecule has 0 fully saturated rings. The number of benzene rings is 3. The van der Waals surface area contributed by atoms with Crippen LogP contribution in [0.1, 0.15) is 68.6 Å². The summed E-state index contributed by atoms with van der Waals surface area (Å²) in [6, 6.07) is 31.0. The molecular weight excluding hydrogens is 568 g/mol. The van der Waals surface area contributed by atoms with Crippen molar-refractivity contribution < 1.29 is 33.2 Å². The first kappa shape index (κ1) is 36.4. The number of hydrogen-bond acceptors (Lipinski definition) is 7. The van der Waals surface area contributed by atoms with Crippen LogP contribution in [0.2, 0.25) is 0 Å². The van der Waals surface area contributed by atoms with Crippen molar-refractivity contribution >= 4 is 5.97 Å². The second-order valence-electron chi connectivity index (χ2n) is 10.8. The first-order chi connectivity index (χ1) is 22.3. The van der Waals surface area contributed by atoms with Crippen molar-refractivity contribution in [1.29, 1.82) is 0 Å². The standard InChI is InChI=1S/C38H52O7/c1-2-3-4-5-6-16-23-37(39)44-32-30-42-28-26-40-24-25-41-27-29-43-31-33-45-38(34-17-10-7-11-18-34,35-19-12-8-13-20-35)36-21-14-9-15-22-36/h7-15,17-22H,2-6,16,23-33H2,1H3. The molecule has 0 spiro atoms. The van der Waals surface area contributed by atoms with E-state index in [1.165, 1.54) is 25.7 Å². The van der Waals surface area contributed by atoms with Gasteiger partial charge in [-0.1, -0.05) is 130 Å². The highest BCUT2D eigenvalue weighted by Gasteiger charge is 2.37. The number of hydrogen-bond donors (Lipinski definition) is 0. The predicted octanol–water partition coefficient (Wildman–Crippen LogP) is 7.36. The van der Waals surface area contributed by atoms with Crippen molar-refractivity contribution in [2.45, 2.75) is 57.5 Å². The van der Waals surface area contributed by atoms with E-state index >= 15 is 0 Å². The van der Waals surface area contributed by atoms with Crippen LogP contribution in [0.5, 0.6) is 0 Å². The Morgan fingerprint density at radius 1 is 0.489 bits per heavy atom. The lowest BCUT2D eigenvalue weighted by Crippen LogP contribution is -2.34. The highest BCUT2D eigenvalue weighted by atomic mass is 16.6. The SMILES string of the molecule is CCCCCCCCC(=O)OCCOCCOCCOCCOCCOC(c1ccccc1)(c1ccccc1)c1ccccc1. The number of carbonyl (C=O) groups excluding carboxylic acids is 1. The number of unbranched alkanes of at least 4 members (excludes halogenated alkanes) is 5. The molecule has 7 nitrogen and oxygen atoms in total. The average Bonchev–Trinajstić information content (AvgIpc) is 3.09. The molecule has 0 bridgehead atoms. The first-order valence-corrected chi connectivity index (χ1v) is 16.5. The second-order valence-corrected chi connectivity index (χ2v) is 10.8. The van der Waals surface area contributed by atoms with Gasteiger partial charge in [0.2, 0.25) is 0 Å². The minimum atomic E-state index is -0.748. The van der Waals surface area contributed by atoms with Crippen molar-refractivity contribution in [2.24, 2.45) is 0 Å². The number of rotatable bonds is 26. The zero-order valence-electron chi connectivity index (χ0n) is 27.0. The van der Waals surface area contributed by atoms with E-state index in [1.807, 2.05) is 54.6 Å². The van der Waals surface area contributed by atoms with E-state index < -0.39 is 5.60 Å². The molecule has 0 N–H and O–H groups in total. The maximum Gasteiger partial charge on any atom is 0.305 e. The zero-order valence-corrected chi connectivity index (χ0v) is 27.0. The Labute approximate surface area is 270 Å². The first-order valence-electron chi connectivity index (χ1n) is 16.5. The van der Waals surface area contributed by atoms with Crippen LogP contribution in [0.15, 0.2) is 91.0 Å². The maximum atomic E-state index is 11.7. The van der Waals surface area contributed by atoms with Gasteiger partial charge in [-0.05, 0) is 23.1 Å². The smallest absolute Gasteiger partial charge is 0.305 e. The van der Waals surface area contributed by atoms with Crippen LogP contribution >= 0.6 is 0 Å². The van der Waals surface area contributed by atoms with Gasteiger partial charge in [0.25, 0.3) is 0 Å². The van der Waals surface area contributed by atoms with Gasteiger partial charge in [-0.15, -0.1) is 0 Å². The van der Waals surface area contributed by atoms with Crippen molar-refractivity contribution in [1.82, 2.24) is 0 Å². The van der Waals surface area contributed by atoms with Crippen LogP contribution < -0.4 is 0 Å². The lowest BCUT2D eigenvalue weighted by molar-refractivity contribution is -0.145. The fraction of sp³-hybridized carbons (Fsp3) is 0.500. The molecule has 0 aliphatic rings. The fourth-order valence-electron chi connectivity index (χ4n) is 5.12. The summed E-state index contributed by atoms with van der Waals surface area (Å²) in [5.41, 5.74) is 2.46. The van der Waals surface area contributed by atoms with E-state index in [2.05, 4.69) is 43.3 Å². The van der Waals surface area contributed by atoms with Crippen LogP contribution in [0.3, 0.4) is 0 Å². The van der Waals surface area contributed by atoms with Gasteiger partial charge in [0.1, 0.15) is 12.2 Å². The number of esters is 1. The molecule has 0 saturated carbocycles. The normalized spacial score (nSPS) is 11.5. The Morgan fingerprint density at radius 3 is 1.31 bits per heavy atom. The lowest BCUT2D eigenvalue weighted by atomic mass is 9.80. The molecule has 3 aromatic carbocycles. The van der Waals surface area contributed by atoms with E-state index in [-0.39, 0.29) is 12.6 Å². The van der Waals surface area contributed by atoms with Gasteiger partial charge >= 0.3 is 5.97 Å². The number of carbonyl (C=O) groups is 1. The molecule has 45 heavy (non-hydrogen) atoms. The summed E-state index contributed by atoms with van der Waals surface area (Å²) in [6.45, 7) is 6.56. The number of ether oxygens (including phenoxy) is 6. The zero-order chi connectivity index (χ0) is 31.7. The molecule has 0 atom stereocenters. The van der Waals surface area contributed by atoms with Crippen molar-refractivity contribution in [3.05, 3.63) is 108 Å². The van der Waals surface area contributed by atoms with E-state index in [0.717, 1.165) is 29.5 Å². The van der Waals surface area contributed by atoms with Gasteiger partial charge in [-0.2, -0.15) is 0 Å². The van der Waals surface area contributed by atoms with Gasteiger partial charge in [-0.25, -0.2) is 0 Å². The van der Waals surface area contributed by atoms with Crippen LogP contribution in [0.4, 0.5) is 0 Å². The summed E-state index contributed by atoms with van der Waals surface area (Å²) in [5.74, 6) is -0.140. The van der Waals surface area contributed by atoms with Gasteiger partial charge in [0, 0.05) is 6.42 Å². The van der Waals surface area contributed by atoms with Gasteiger partial charge < -0.3 is 28.4 Å². The molecule has 0 radical (unpaired) electrons. The molecule has 0 aliphatic heterocycles. The third-order valence-corrected chi connectivity index (χ3v) is 7.43. The van der Waals surface area contributed by atoms with E-state index in [4.69, 9.17) is 28.4 Å². The van der Waals surface area contributed by atoms with Gasteiger partial charge in [0.15, 0.2) is 0 Å². The Morgan fingerprint density at radius 2 is 0.867 bits per heavy atom. The van der Waals surface area contributed by atoms with Crippen molar-refractivity contribution in [2.75, 3.05) is 66.1 Å². The third kappa shape index (κ3) is 13.8. The third-order valence-electron chi connectivity index (χ3n) is 7.43. The molecule has 0 aromatic heterocycles. The molecule has 3 rings (SSSR count). The van der Waals surface area contributed by atoms with Crippen LogP contribution in [-0.4, -0.2) is 72.0 Å². The van der Waals surface area contributed by atoms with E-state index in [1.54, 1.807) is 0 Å². The average molecular weight is 621 g/mol. The van der Waals surface area contributed by atoms with Crippen LogP contribution in [0, 0.1) is 0 Å². The fourth-order valence-corrected chi connectivity index (χ4v) is 5.12. The monoisotopic (exact) mass is 620 g/mol. The molecule has 7 heteroatoms. The van der Waals surface area contributed by atoms with Crippen LogP contribution in [-0.2, 0) is 38.8 Å². The quantitative estimate of drug-likeness (QED) is 0.0528. The Balaban J connectivity index is 1.22. The minimum Gasteiger partial charge on any atom is -0.463 e. The maximum absolute atomic E-state index is 11.7. The van der Waals surface area contributed by atoms with Gasteiger partial charge in [-0.3, -0.25) is 4.79 Å². The lowest BCUT2D eigenvalue weighted by Gasteiger charge is -2.36. The van der Waals surface area contributed by atoms with E-state index in [0.29, 0.717) is 65.9 Å². The summed E-state index contributed by atoms with van der Waals surface area (Å²) < 4.78 is 34.4. The van der Waals surface area contributed by atoms with Crippen LogP contribution in [0.25, 0.3) is 0 Å². The molecule has 0 saturated heterocycles. The molecular formula is C38H52O7. The van der Waals surface area contributed by atoms with Crippen molar-refractivity contribution in [3.8, 4) is 0 Å². The highest BCUT2D eigenvalue weighted by Crippen LogP contribution is 2.40. The molecule has 0 aliphatic carbocycles. The Kier molecular flexibility index (Phi) is 18.8. The summed E-state index contributed by atoms with van der Waals surface area (Å²) in [7, 11) is 0. The Hall–Kier alpha value is -3.07. The predicted molar refractivity (Wildman–Crippen MR) is 177 cm³/mol. The summed E-state index contributed by atoms with van der Waals surface area (Å²) in [4.78, 5) is 11.7. The highest BCUT2D eigenvalue weighted by molar-refractivity contribution is 5.69.